The Morgan fingerprint density at radius 2 is 0.750 bits per heavy atom. The first-order valence-corrected chi connectivity index (χ1v) is 23.6. The normalized spacial score (nSPS) is 10.9. The van der Waals surface area contributed by atoms with Crippen molar-refractivity contribution < 1.29 is 70.3 Å². The van der Waals surface area contributed by atoms with Crippen LogP contribution in [0.4, 0.5) is 58.7 Å². The van der Waals surface area contributed by atoms with Gasteiger partial charge >= 0.3 is 36.4 Å². The number of aliphatic hydroxyl groups is 1. The van der Waals surface area contributed by atoms with Crippen LogP contribution in [-0.4, -0.2) is 39.3 Å². The fourth-order valence-electron chi connectivity index (χ4n) is 6.59. The molecule has 0 aliphatic heterocycles. The predicted octanol–water partition coefficient (Wildman–Crippen LogP) is 16.0. The first kappa shape index (κ1) is 56.6. The average molecular weight is 1170 g/mol. The number of aliphatic hydroxyl groups excluding tert-OH is 1. The van der Waals surface area contributed by atoms with E-state index in [2.05, 4.69) is 53.1 Å². The molecule has 0 radical (unpaired) electrons. The largest absolute Gasteiger partial charge is 0.478 e. The standard InChI is InChI=1S/2C21H14BrF3N2O4.C13H12O/c2*22-13-6-8-14(9-7-13)26-20(30)27-16-11-12(21(23,24)25)5-10-18(16)31-17-4-2-1-3-15(17)19(28)29;14-13(11-7-3-1-4-8-11)12-9-5-2-6-10-12/h2*1-11H,(H,28,29)(H2,26,27,30);1-10,13-14H. The first-order valence-electron chi connectivity index (χ1n) is 22.0. The van der Waals surface area contributed by atoms with Crippen LogP contribution in [-0.2, 0) is 12.4 Å². The van der Waals surface area contributed by atoms with Crippen molar-refractivity contribution >= 4 is 78.6 Å². The van der Waals surface area contributed by atoms with E-state index in [-0.39, 0.29) is 45.5 Å². The Hall–Kier alpha value is -8.66. The van der Waals surface area contributed by atoms with E-state index in [1.54, 1.807) is 48.5 Å². The Bertz CT molecular complexity index is 3060. The number of rotatable bonds is 12. The number of carboxylic acids is 2. The van der Waals surface area contributed by atoms with Crippen molar-refractivity contribution in [2.24, 2.45) is 0 Å². The van der Waals surface area contributed by atoms with Gasteiger partial charge in [-0.25, -0.2) is 19.2 Å². The van der Waals surface area contributed by atoms with Crippen LogP contribution in [0.3, 0.4) is 0 Å². The van der Waals surface area contributed by atoms with Crippen molar-refractivity contribution in [3.8, 4) is 23.0 Å². The number of alkyl halides is 6. The Morgan fingerprint density at radius 1 is 0.421 bits per heavy atom. The Morgan fingerprint density at radius 3 is 1.08 bits per heavy atom. The average Bonchev–Trinajstić information content (AvgIpc) is 3.39. The lowest BCUT2D eigenvalue weighted by Crippen LogP contribution is -2.20. The lowest BCUT2D eigenvalue weighted by Gasteiger charge is -2.16. The summed E-state index contributed by atoms with van der Waals surface area (Å²) < 4.78 is 91.6. The molecule has 0 aliphatic rings. The molecule has 8 aromatic carbocycles. The fourth-order valence-corrected chi connectivity index (χ4v) is 7.12. The molecule has 0 aliphatic carbocycles. The molecule has 8 rings (SSSR count). The molecule has 0 unspecified atom stereocenters. The summed E-state index contributed by atoms with van der Waals surface area (Å²) >= 11 is 6.51. The second-order valence-electron chi connectivity index (χ2n) is 15.6. The number of benzene rings is 8. The summed E-state index contributed by atoms with van der Waals surface area (Å²) in [4.78, 5) is 47.4. The smallest absolute Gasteiger partial charge is 0.416 e. The maximum Gasteiger partial charge on any atom is 0.416 e. The molecule has 390 valence electrons. The number of hydrogen-bond acceptors (Lipinski definition) is 7. The minimum atomic E-state index is -4.66. The van der Waals surface area contributed by atoms with Gasteiger partial charge in [0.2, 0.25) is 0 Å². The van der Waals surface area contributed by atoms with Crippen molar-refractivity contribution in [3.63, 3.8) is 0 Å². The number of carboxylic acid groups (broad SMARTS) is 2. The van der Waals surface area contributed by atoms with Crippen molar-refractivity contribution in [2.45, 2.75) is 18.5 Å². The van der Waals surface area contributed by atoms with Crippen LogP contribution >= 0.6 is 31.9 Å². The van der Waals surface area contributed by atoms with Gasteiger partial charge in [-0.3, -0.25) is 0 Å². The summed E-state index contributed by atoms with van der Waals surface area (Å²) in [7, 11) is 0. The fraction of sp³-hybridized carbons (Fsp3) is 0.0545. The van der Waals surface area contributed by atoms with E-state index in [1.165, 1.54) is 48.5 Å². The summed E-state index contributed by atoms with van der Waals surface area (Å²) in [5, 5.41) is 38.2. The third-order valence-electron chi connectivity index (χ3n) is 10.2. The third-order valence-corrected chi connectivity index (χ3v) is 11.3. The van der Waals surface area contributed by atoms with Crippen LogP contribution in [0.2, 0.25) is 0 Å². The number of nitrogens with one attached hydrogen (secondary N) is 4. The molecule has 0 bridgehead atoms. The summed E-state index contributed by atoms with van der Waals surface area (Å²) in [5.41, 5.74) is -0.291. The number of aromatic carboxylic acids is 2. The van der Waals surface area contributed by atoms with Crippen molar-refractivity contribution in [3.05, 3.63) is 236 Å². The van der Waals surface area contributed by atoms with Gasteiger partial charge in [-0.1, -0.05) is 117 Å². The summed E-state index contributed by atoms with van der Waals surface area (Å²) in [6, 6.07) is 47.1. The highest BCUT2D eigenvalue weighted by Crippen LogP contribution is 2.39. The highest BCUT2D eigenvalue weighted by molar-refractivity contribution is 9.10. The molecule has 0 heterocycles. The molecule has 4 amide bonds. The Labute approximate surface area is 446 Å². The number of halogens is 8. The molecule has 7 N–H and O–H groups in total. The molecule has 13 nitrogen and oxygen atoms in total. The highest BCUT2D eigenvalue weighted by Gasteiger charge is 2.33. The summed E-state index contributed by atoms with van der Waals surface area (Å²) in [6.45, 7) is 0. The van der Waals surface area contributed by atoms with Gasteiger partial charge in [-0.05, 0) is 120 Å². The zero-order chi connectivity index (χ0) is 55.0. The highest BCUT2D eigenvalue weighted by atomic mass is 79.9. The topological polar surface area (TPSA) is 196 Å². The number of carbonyl (C=O) groups excluding carboxylic acids is 2. The number of carbonyl (C=O) groups is 4. The van der Waals surface area contributed by atoms with Gasteiger partial charge in [0.05, 0.1) is 22.5 Å². The van der Waals surface area contributed by atoms with E-state index in [4.69, 9.17) is 9.47 Å². The van der Waals surface area contributed by atoms with Crippen LogP contribution in [0.25, 0.3) is 0 Å². The molecular weight excluding hydrogens is 1130 g/mol. The van der Waals surface area contributed by atoms with E-state index in [9.17, 15) is 60.8 Å². The van der Waals surface area contributed by atoms with E-state index in [0.29, 0.717) is 23.5 Å². The number of ether oxygens (including phenoxy) is 2. The zero-order valence-corrected chi connectivity index (χ0v) is 42.0. The van der Waals surface area contributed by atoms with Crippen LogP contribution in [0.5, 0.6) is 23.0 Å². The van der Waals surface area contributed by atoms with Crippen LogP contribution in [0, 0.1) is 0 Å². The van der Waals surface area contributed by atoms with E-state index in [1.807, 2.05) is 60.7 Å². The molecule has 0 spiro atoms. The van der Waals surface area contributed by atoms with Crippen LogP contribution in [0.15, 0.2) is 203 Å². The van der Waals surface area contributed by atoms with Crippen molar-refractivity contribution in [2.75, 3.05) is 21.3 Å². The van der Waals surface area contributed by atoms with Gasteiger partial charge in [-0.2, -0.15) is 26.3 Å². The molecule has 0 saturated heterocycles. The van der Waals surface area contributed by atoms with Crippen LogP contribution in [0.1, 0.15) is 49.1 Å². The molecular formula is C55H40Br2F6N4O9. The predicted molar refractivity (Wildman–Crippen MR) is 280 cm³/mol. The number of hydrogen-bond donors (Lipinski definition) is 7. The number of amides is 4. The van der Waals surface area contributed by atoms with Gasteiger partial charge < -0.3 is 46.1 Å². The maximum absolute atomic E-state index is 13.2. The Balaban J connectivity index is 0.000000198. The molecule has 0 aromatic heterocycles. The quantitative estimate of drug-likeness (QED) is 0.0583. The maximum atomic E-state index is 13.2. The van der Waals surface area contributed by atoms with Crippen molar-refractivity contribution in [1.29, 1.82) is 0 Å². The number of anilines is 4. The molecule has 0 fully saturated rings. The van der Waals surface area contributed by atoms with Crippen molar-refractivity contribution in [1.82, 2.24) is 0 Å². The molecule has 21 heteroatoms. The molecule has 0 atom stereocenters. The minimum absolute atomic E-state index is 0.0915. The lowest BCUT2D eigenvalue weighted by molar-refractivity contribution is -0.138. The van der Waals surface area contributed by atoms with Gasteiger partial charge in [-0.15, -0.1) is 0 Å². The third kappa shape index (κ3) is 16.7. The summed E-state index contributed by atoms with van der Waals surface area (Å²) in [5.74, 6) is -3.05. The first-order chi connectivity index (χ1) is 36.1. The monoisotopic (exact) mass is 1170 g/mol. The van der Waals surface area contributed by atoms with Gasteiger partial charge in [0.25, 0.3) is 0 Å². The second kappa shape index (κ2) is 26.0. The SMILES string of the molecule is O=C(Nc1ccc(Br)cc1)Nc1cc(C(F)(F)F)ccc1Oc1ccccc1C(=O)O.O=C(Nc1ccc(Br)cc1)Nc1cc(C(F)(F)F)ccc1Oc1ccccc1C(=O)O.OC(c1ccccc1)c1ccccc1. The molecule has 8 aromatic rings. The van der Waals surface area contributed by atoms with Gasteiger partial charge in [0.1, 0.15) is 28.7 Å². The summed E-state index contributed by atoms with van der Waals surface area (Å²) in [6.07, 6.45) is -9.83. The number of urea groups is 2. The van der Waals surface area contributed by atoms with Crippen LogP contribution < -0.4 is 30.7 Å². The van der Waals surface area contributed by atoms with Gasteiger partial charge in [0, 0.05) is 20.3 Å². The molecule has 76 heavy (non-hydrogen) atoms. The lowest BCUT2D eigenvalue weighted by atomic mass is 10.0. The number of para-hydroxylation sites is 2. The van der Waals surface area contributed by atoms with E-state index in [0.717, 1.165) is 44.3 Å². The van der Waals surface area contributed by atoms with E-state index < -0.39 is 53.6 Å². The van der Waals surface area contributed by atoms with Gasteiger partial charge in [0.15, 0.2) is 11.5 Å². The van der Waals surface area contributed by atoms with E-state index >= 15 is 0 Å². The minimum Gasteiger partial charge on any atom is -0.478 e. The Kier molecular flexibility index (Phi) is 19.4. The zero-order valence-electron chi connectivity index (χ0n) is 38.9. The second-order valence-corrected chi connectivity index (χ2v) is 17.5. The molecule has 0 saturated carbocycles.